The van der Waals surface area contributed by atoms with E-state index in [1.807, 2.05) is 0 Å². The van der Waals surface area contributed by atoms with Crippen LogP contribution in [-0.4, -0.2) is 22.4 Å². The van der Waals surface area contributed by atoms with E-state index in [4.69, 9.17) is 0 Å². The van der Waals surface area contributed by atoms with Gasteiger partial charge in [-0.3, -0.25) is 0 Å². The van der Waals surface area contributed by atoms with Gasteiger partial charge in [0, 0.05) is 5.41 Å². The number of allylic oxidation sites excluding steroid dienone is 3. The van der Waals surface area contributed by atoms with Crippen molar-refractivity contribution in [2.45, 2.75) is 71.0 Å². The number of aliphatic hydroxyl groups is 2. The Morgan fingerprint density at radius 1 is 0.952 bits per heavy atom. The quantitative estimate of drug-likeness (QED) is 0.715. The molecule has 116 valence electrons. The van der Waals surface area contributed by atoms with E-state index < -0.39 is 0 Å². The smallest absolute Gasteiger partial charge is 0.0599 e. The van der Waals surface area contributed by atoms with Gasteiger partial charge in [0.25, 0.3) is 0 Å². The summed E-state index contributed by atoms with van der Waals surface area (Å²) >= 11 is 0. The van der Waals surface area contributed by atoms with E-state index in [1.165, 1.54) is 12.0 Å². The highest BCUT2D eigenvalue weighted by Crippen LogP contribution is 2.63. The summed E-state index contributed by atoms with van der Waals surface area (Å²) in [7, 11) is 0. The van der Waals surface area contributed by atoms with Gasteiger partial charge in [-0.1, -0.05) is 37.1 Å². The van der Waals surface area contributed by atoms with Crippen LogP contribution in [0.3, 0.4) is 0 Å². The molecule has 0 heterocycles. The highest BCUT2D eigenvalue weighted by Gasteiger charge is 2.55. The summed E-state index contributed by atoms with van der Waals surface area (Å²) in [6.07, 6.45) is 11.8. The van der Waals surface area contributed by atoms with E-state index in [2.05, 4.69) is 26.0 Å². The molecule has 0 aromatic carbocycles. The largest absolute Gasteiger partial charge is 0.393 e. The van der Waals surface area contributed by atoms with Gasteiger partial charge in [0.2, 0.25) is 0 Å². The van der Waals surface area contributed by atoms with Crippen molar-refractivity contribution in [3.05, 3.63) is 23.3 Å². The molecule has 3 saturated carbocycles. The van der Waals surface area contributed by atoms with Gasteiger partial charge in [-0.05, 0) is 62.2 Å². The van der Waals surface area contributed by atoms with Gasteiger partial charge in [-0.2, -0.15) is 0 Å². The maximum Gasteiger partial charge on any atom is 0.0599 e. The molecule has 21 heavy (non-hydrogen) atoms. The maximum absolute atomic E-state index is 10.4. The van der Waals surface area contributed by atoms with Crippen molar-refractivity contribution in [3.8, 4) is 0 Å². The molecule has 4 aliphatic rings. The molecule has 4 rings (SSSR count). The van der Waals surface area contributed by atoms with Crippen LogP contribution in [-0.2, 0) is 0 Å². The fourth-order valence-corrected chi connectivity index (χ4v) is 5.96. The second-order valence-electron chi connectivity index (χ2n) is 8.42. The summed E-state index contributed by atoms with van der Waals surface area (Å²) in [5.41, 5.74) is 3.45. The van der Waals surface area contributed by atoms with Crippen LogP contribution in [0.5, 0.6) is 0 Å². The summed E-state index contributed by atoms with van der Waals surface area (Å²) in [5.74, 6) is 1.22. The summed E-state index contributed by atoms with van der Waals surface area (Å²) in [6.45, 7) is 4.73. The molecule has 0 spiro atoms. The van der Waals surface area contributed by atoms with Crippen LogP contribution in [0.4, 0.5) is 0 Å². The van der Waals surface area contributed by atoms with Crippen molar-refractivity contribution in [2.24, 2.45) is 22.7 Å². The number of aliphatic hydroxyl groups excluding tert-OH is 2. The molecule has 2 nitrogen and oxygen atoms in total. The van der Waals surface area contributed by atoms with Crippen LogP contribution < -0.4 is 0 Å². The summed E-state index contributed by atoms with van der Waals surface area (Å²) in [6, 6.07) is 0. The standard InChI is InChI=1S/C19H28O2/c1-18-9-7-13(20)11-12(18)3-4-14-15-5-6-17(21)19(15,2)10-8-16(14)18/h3-4,13,15-17,20-21H,5-11H2,1-2H3. The zero-order valence-electron chi connectivity index (χ0n) is 13.3. The number of hydrogen-bond acceptors (Lipinski definition) is 2. The Morgan fingerprint density at radius 3 is 2.57 bits per heavy atom. The Labute approximate surface area is 127 Å². The molecule has 6 atom stereocenters. The third-order valence-corrected chi connectivity index (χ3v) is 7.49. The summed E-state index contributed by atoms with van der Waals surface area (Å²) in [4.78, 5) is 0. The molecule has 2 heteroatoms. The predicted octanol–water partition coefficient (Wildman–Crippen LogP) is 3.59. The molecule has 3 fully saturated rings. The molecule has 0 aromatic heterocycles. The topological polar surface area (TPSA) is 40.5 Å². The maximum atomic E-state index is 10.4. The first-order chi connectivity index (χ1) is 9.95. The average molecular weight is 288 g/mol. The van der Waals surface area contributed by atoms with E-state index in [-0.39, 0.29) is 23.0 Å². The third kappa shape index (κ3) is 1.78. The Kier molecular flexibility index (Phi) is 2.97. The lowest BCUT2D eigenvalue weighted by molar-refractivity contribution is 0.00143. The van der Waals surface area contributed by atoms with Crippen molar-refractivity contribution in [1.29, 1.82) is 0 Å². The lowest BCUT2D eigenvalue weighted by Crippen LogP contribution is -2.46. The monoisotopic (exact) mass is 288 g/mol. The molecule has 0 saturated heterocycles. The first-order valence-corrected chi connectivity index (χ1v) is 8.72. The van der Waals surface area contributed by atoms with Crippen LogP contribution >= 0.6 is 0 Å². The van der Waals surface area contributed by atoms with Crippen LogP contribution in [0.2, 0.25) is 0 Å². The summed E-state index contributed by atoms with van der Waals surface area (Å²) < 4.78 is 0. The average Bonchev–Trinajstić information content (AvgIpc) is 2.76. The lowest BCUT2D eigenvalue weighted by Gasteiger charge is -2.54. The number of fused-ring (bicyclic) bond motifs is 5. The minimum Gasteiger partial charge on any atom is -0.393 e. The highest BCUT2D eigenvalue weighted by molar-refractivity contribution is 5.38. The molecule has 0 aromatic rings. The van der Waals surface area contributed by atoms with Gasteiger partial charge < -0.3 is 10.2 Å². The number of rotatable bonds is 0. The van der Waals surface area contributed by atoms with Crippen LogP contribution in [0.25, 0.3) is 0 Å². The van der Waals surface area contributed by atoms with Gasteiger partial charge >= 0.3 is 0 Å². The van der Waals surface area contributed by atoms with E-state index in [9.17, 15) is 10.2 Å². The van der Waals surface area contributed by atoms with Gasteiger partial charge in [-0.25, -0.2) is 0 Å². The zero-order chi connectivity index (χ0) is 14.8. The van der Waals surface area contributed by atoms with Gasteiger partial charge in [0.1, 0.15) is 0 Å². The fraction of sp³-hybridized carbons (Fsp3) is 0.789. The van der Waals surface area contributed by atoms with Crippen molar-refractivity contribution >= 4 is 0 Å². The molecular weight excluding hydrogens is 260 g/mol. The Morgan fingerprint density at radius 2 is 1.76 bits per heavy atom. The Hall–Kier alpha value is -0.600. The SMILES string of the molecule is CC12CCC(O)CC1=CC=C1C2CCC2(C)C(O)CCC12. The highest BCUT2D eigenvalue weighted by atomic mass is 16.3. The Bertz CT molecular complexity index is 520. The summed E-state index contributed by atoms with van der Waals surface area (Å²) in [5, 5.41) is 20.4. The van der Waals surface area contributed by atoms with E-state index >= 15 is 0 Å². The molecule has 4 aliphatic carbocycles. The van der Waals surface area contributed by atoms with Gasteiger partial charge in [-0.15, -0.1) is 0 Å². The van der Waals surface area contributed by atoms with Crippen molar-refractivity contribution in [2.75, 3.05) is 0 Å². The molecule has 0 bridgehead atoms. The van der Waals surface area contributed by atoms with E-state index in [1.54, 1.807) is 5.57 Å². The van der Waals surface area contributed by atoms with Crippen LogP contribution in [0.15, 0.2) is 23.3 Å². The molecule has 6 unspecified atom stereocenters. The zero-order valence-corrected chi connectivity index (χ0v) is 13.3. The second kappa shape index (κ2) is 4.45. The molecule has 2 N–H and O–H groups in total. The minimum absolute atomic E-state index is 0.109. The molecule has 0 radical (unpaired) electrons. The van der Waals surface area contributed by atoms with Crippen molar-refractivity contribution in [1.82, 2.24) is 0 Å². The van der Waals surface area contributed by atoms with Crippen molar-refractivity contribution in [3.63, 3.8) is 0 Å². The first-order valence-electron chi connectivity index (χ1n) is 8.72. The second-order valence-corrected chi connectivity index (χ2v) is 8.42. The lowest BCUT2D eigenvalue weighted by atomic mass is 9.51. The number of hydrogen-bond donors (Lipinski definition) is 2. The Balaban J connectivity index is 1.74. The predicted molar refractivity (Wildman–Crippen MR) is 83.7 cm³/mol. The van der Waals surface area contributed by atoms with Crippen molar-refractivity contribution < 1.29 is 10.2 Å². The molecule has 0 amide bonds. The van der Waals surface area contributed by atoms with Crippen LogP contribution in [0, 0.1) is 22.7 Å². The third-order valence-electron chi connectivity index (χ3n) is 7.49. The minimum atomic E-state index is -0.138. The first kappa shape index (κ1) is 14.0. The van der Waals surface area contributed by atoms with Crippen LogP contribution in [0.1, 0.15) is 58.8 Å². The molecular formula is C19H28O2. The van der Waals surface area contributed by atoms with Gasteiger partial charge in [0.05, 0.1) is 12.2 Å². The fourth-order valence-electron chi connectivity index (χ4n) is 5.96. The normalized spacial score (nSPS) is 52.4. The van der Waals surface area contributed by atoms with E-state index in [0.29, 0.717) is 11.8 Å². The molecule has 0 aliphatic heterocycles. The van der Waals surface area contributed by atoms with Gasteiger partial charge in [0.15, 0.2) is 0 Å². The van der Waals surface area contributed by atoms with E-state index in [0.717, 1.165) is 38.5 Å².